The minimum Gasteiger partial charge on any atom is -0.312 e. The van der Waals surface area contributed by atoms with Crippen LogP contribution in [0.5, 0.6) is 5.75 Å². The summed E-state index contributed by atoms with van der Waals surface area (Å²) in [6.07, 6.45) is 0. The van der Waals surface area contributed by atoms with Crippen molar-refractivity contribution in [2.24, 2.45) is 0 Å². The van der Waals surface area contributed by atoms with Gasteiger partial charge in [-0.2, -0.15) is 0 Å². The standard InChI is InChI=1S/C8H9AsClNO5.C3H9N/c1-4(12)11-6-3-2-5(9(14,15)16)8(13)7(6)10;1-4(2)3/h2-3,13H,1H3,(H,11,12)(H2,14,15,16);1-3H3. The molecule has 1 rings (SSSR count). The number of halogens is 1. The Labute approximate surface area is 125 Å². The molecule has 1 aromatic carbocycles. The Balaban J connectivity index is 0.000000796. The van der Waals surface area contributed by atoms with Crippen molar-refractivity contribution in [1.82, 2.24) is 4.90 Å². The van der Waals surface area contributed by atoms with Crippen LogP contribution in [0.2, 0.25) is 5.02 Å². The second-order valence-electron chi connectivity index (χ2n) is 4.36. The van der Waals surface area contributed by atoms with Gasteiger partial charge in [0, 0.05) is 0 Å². The molecule has 0 heterocycles. The van der Waals surface area contributed by atoms with Gasteiger partial charge in [0.1, 0.15) is 0 Å². The number of rotatable bonds is 2. The van der Waals surface area contributed by atoms with E-state index in [1.807, 2.05) is 26.0 Å². The van der Waals surface area contributed by atoms with Gasteiger partial charge in [0.05, 0.1) is 0 Å². The van der Waals surface area contributed by atoms with Gasteiger partial charge in [-0.15, -0.1) is 0 Å². The Morgan fingerprint density at radius 1 is 1.30 bits per heavy atom. The second kappa shape index (κ2) is 7.71. The molecule has 0 aromatic heterocycles. The first-order chi connectivity index (χ1) is 8.96. The molecule has 0 saturated heterocycles. The van der Waals surface area contributed by atoms with E-state index in [2.05, 4.69) is 5.32 Å². The molecule has 0 aliphatic carbocycles. The van der Waals surface area contributed by atoms with Crippen LogP contribution in [0.4, 0.5) is 5.69 Å². The number of phenolic OH excluding ortho intramolecular Hbond substituents is 1. The van der Waals surface area contributed by atoms with Crippen LogP contribution in [0.3, 0.4) is 0 Å². The fourth-order valence-corrected chi connectivity index (χ4v) is 2.81. The Morgan fingerprint density at radius 2 is 1.75 bits per heavy atom. The molecule has 0 atom stereocenters. The van der Waals surface area contributed by atoms with E-state index in [9.17, 15) is 13.6 Å². The van der Waals surface area contributed by atoms with Crippen LogP contribution in [-0.4, -0.2) is 59.4 Å². The van der Waals surface area contributed by atoms with E-state index in [0.29, 0.717) is 0 Å². The van der Waals surface area contributed by atoms with Crippen LogP contribution < -0.4 is 9.67 Å². The second-order valence-corrected chi connectivity index (χ2v) is 8.03. The molecular formula is C11H18AsClN2O5. The van der Waals surface area contributed by atoms with Gasteiger partial charge >= 0.3 is 98.7 Å². The van der Waals surface area contributed by atoms with Crippen molar-refractivity contribution in [1.29, 1.82) is 0 Å². The summed E-state index contributed by atoms with van der Waals surface area (Å²) in [6, 6.07) is 2.26. The van der Waals surface area contributed by atoms with Crippen molar-refractivity contribution in [3.63, 3.8) is 0 Å². The van der Waals surface area contributed by atoms with Crippen molar-refractivity contribution in [3.05, 3.63) is 17.2 Å². The number of aromatic hydroxyl groups is 1. The van der Waals surface area contributed by atoms with Crippen molar-refractivity contribution in [2.45, 2.75) is 6.92 Å². The summed E-state index contributed by atoms with van der Waals surface area (Å²) in [4.78, 5) is 12.8. The van der Waals surface area contributed by atoms with Crippen LogP contribution in [0, 0.1) is 0 Å². The van der Waals surface area contributed by atoms with E-state index in [1.54, 1.807) is 0 Å². The first-order valence-corrected chi connectivity index (χ1v) is 9.19. The van der Waals surface area contributed by atoms with Crippen molar-refractivity contribution < 1.29 is 21.8 Å². The first-order valence-electron chi connectivity index (χ1n) is 5.43. The molecule has 1 amide bonds. The van der Waals surface area contributed by atoms with E-state index in [-0.39, 0.29) is 10.7 Å². The molecule has 9 heteroatoms. The van der Waals surface area contributed by atoms with Crippen LogP contribution in [0.25, 0.3) is 0 Å². The van der Waals surface area contributed by atoms with Crippen LogP contribution in [0.15, 0.2) is 12.1 Å². The molecule has 4 N–H and O–H groups in total. The van der Waals surface area contributed by atoms with Gasteiger partial charge in [0.25, 0.3) is 0 Å². The van der Waals surface area contributed by atoms with Gasteiger partial charge in [-0.25, -0.2) is 0 Å². The molecule has 0 aliphatic heterocycles. The maximum Gasteiger partial charge on any atom is -0.0140 e. The van der Waals surface area contributed by atoms with Crippen molar-refractivity contribution in [2.75, 3.05) is 26.5 Å². The molecule has 0 spiro atoms. The number of benzene rings is 1. The maximum absolute atomic E-state index is 11.0. The third-order valence-electron chi connectivity index (χ3n) is 1.72. The number of phenols is 1. The molecule has 0 fully saturated rings. The largest absolute Gasteiger partial charge is 0.312 e. The number of nitrogens with zero attached hydrogens (tertiary/aromatic N) is 1. The summed E-state index contributed by atoms with van der Waals surface area (Å²) in [7, 11) is 6.00. The number of carbonyl (C=O) groups is 1. The number of hydrogen-bond acceptors (Lipinski definition) is 4. The average Bonchev–Trinajstić information content (AvgIpc) is 2.21. The molecule has 20 heavy (non-hydrogen) atoms. The van der Waals surface area contributed by atoms with E-state index < -0.39 is 30.2 Å². The minimum atomic E-state index is -5.21. The summed E-state index contributed by atoms with van der Waals surface area (Å²) in [5.41, 5.74) is 0.0966. The molecule has 0 unspecified atom stereocenters. The predicted octanol–water partition coefficient (Wildman–Crippen LogP) is -0.257. The Kier molecular flexibility index (Phi) is 7.33. The Hall–Kier alpha value is -0.982. The van der Waals surface area contributed by atoms with E-state index in [0.717, 1.165) is 6.07 Å². The van der Waals surface area contributed by atoms with Gasteiger partial charge in [-0.3, -0.25) is 0 Å². The summed E-state index contributed by atoms with van der Waals surface area (Å²) in [6.45, 7) is 1.24. The fraction of sp³-hybridized carbons (Fsp3) is 0.364. The third-order valence-corrected chi connectivity index (χ3v) is 4.18. The smallest absolute Gasteiger partial charge is 0.0140 e. The van der Waals surface area contributed by atoms with Crippen LogP contribution in [-0.2, 0) is 8.53 Å². The van der Waals surface area contributed by atoms with Crippen molar-refractivity contribution >= 4 is 41.7 Å². The van der Waals surface area contributed by atoms with Crippen LogP contribution >= 0.6 is 11.6 Å². The van der Waals surface area contributed by atoms with Crippen molar-refractivity contribution in [3.8, 4) is 5.75 Å². The zero-order valence-electron chi connectivity index (χ0n) is 11.6. The first kappa shape index (κ1) is 19.0. The molecular weight excluding hydrogens is 351 g/mol. The van der Waals surface area contributed by atoms with Gasteiger partial charge < -0.3 is 4.90 Å². The summed E-state index contributed by atoms with van der Waals surface area (Å²) < 4.78 is 28.3. The monoisotopic (exact) mass is 368 g/mol. The fourth-order valence-electron chi connectivity index (χ4n) is 1.08. The number of anilines is 1. The third kappa shape index (κ3) is 6.45. The predicted molar refractivity (Wildman–Crippen MR) is 77.5 cm³/mol. The molecule has 7 nitrogen and oxygen atoms in total. The van der Waals surface area contributed by atoms with Gasteiger partial charge in [-0.1, -0.05) is 0 Å². The number of carbonyl (C=O) groups excluding carboxylic acids is 1. The van der Waals surface area contributed by atoms with E-state index in [4.69, 9.17) is 19.8 Å². The average molecular weight is 369 g/mol. The zero-order valence-corrected chi connectivity index (χ0v) is 14.2. The number of nitrogens with one attached hydrogen (secondary N) is 1. The topological polar surface area (TPSA) is 110 Å². The summed E-state index contributed by atoms with van der Waals surface area (Å²) >= 11 is 0.442. The molecule has 0 aliphatic rings. The van der Waals surface area contributed by atoms with Gasteiger partial charge in [0.2, 0.25) is 0 Å². The molecule has 0 bridgehead atoms. The van der Waals surface area contributed by atoms with E-state index >= 15 is 0 Å². The van der Waals surface area contributed by atoms with Crippen LogP contribution in [0.1, 0.15) is 6.92 Å². The Bertz CT molecular complexity index is 527. The van der Waals surface area contributed by atoms with Gasteiger partial charge in [-0.05, 0) is 21.1 Å². The normalized spacial score (nSPS) is 10.8. The van der Waals surface area contributed by atoms with Gasteiger partial charge in [0.15, 0.2) is 0 Å². The molecule has 114 valence electrons. The number of hydrogen-bond donors (Lipinski definition) is 4. The quantitative estimate of drug-likeness (QED) is 0.536. The SMILES string of the molecule is CC(=O)Nc1ccc([As](=O)(O)O)c(O)c1Cl.CN(C)C. The summed E-state index contributed by atoms with van der Waals surface area (Å²) in [5.74, 6) is -1.11. The summed E-state index contributed by atoms with van der Waals surface area (Å²) in [5, 5.41) is 11.5. The zero-order chi connectivity index (χ0) is 16.1. The molecule has 1 aromatic rings. The van der Waals surface area contributed by atoms with E-state index in [1.165, 1.54) is 13.0 Å². The molecule has 0 radical (unpaired) electrons. The minimum absolute atomic E-state index is 0.0966. The maximum atomic E-state index is 11.0. The Morgan fingerprint density at radius 3 is 2.10 bits per heavy atom. The number of amides is 1. The molecule has 0 saturated carbocycles.